The second-order valence-corrected chi connectivity index (χ2v) is 5.02. The summed E-state index contributed by atoms with van der Waals surface area (Å²) in [6.45, 7) is 3.75. The number of morpholine rings is 1. The molecule has 0 bridgehead atoms. The zero-order chi connectivity index (χ0) is 13.4. The standard InChI is InChI=1S/C14H16N2O3/c1-9-8-19-5-4-16(9)14(18)11-3-2-10-7-13(17)15-12(10)6-11/h2-3,6,9H,4-5,7-8H2,1H3,(H,15,17)/t9-/m1/s1. The highest BCUT2D eigenvalue weighted by atomic mass is 16.5. The van der Waals surface area contributed by atoms with Gasteiger partial charge >= 0.3 is 0 Å². The zero-order valence-electron chi connectivity index (χ0n) is 10.8. The summed E-state index contributed by atoms with van der Waals surface area (Å²) in [7, 11) is 0. The number of carbonyl (C=O) groups is 2. The number of rotatable bonds is 1. The zero-order valence-corrected chi connectivity index (χ0v) is 10.8. The van der Waals surface area contributed by atoms with Crippen LogP contribution in [-0.2, 0) is 16.0 Å². The van der Waals surface area contributed by atoms with Crippen LogP contribution in [-0.4, -0.2) is 42.5 Å². The number of hydrogen-bond donors (Lipinski definition) is 1. The maximum Gasteiger partial charge on any atom is 0.254 e. The lowest BCUT2D eigenvalue weighted by Crippen LogP contribution is -2.47. The molecule has 19 heavy (non-hydrogen) atoms. The van der Waals surface area contributed by atoms with E-state index in [1.54, 1.807) is 12.1 Å². The van der Waals surface area contributed by atoms with Gasteiger partial charge in [-0.15, -0.1) is 0 Å². The van der Waals surface area contributed by atoms with Gasteiger partial charge in [0.15, 0.2) is 0 Å². The van der Waals surface area contributed by atoms with Crippen molar-refractivity contribution in [3.63, 3.8) is 0 Å². The smallest absolute Gasteiger partial charge is 0.254 e. The molecule has 0 aromatic heterocycles. The minimum Gasteiger partial charge on any atom is -0.377 e. The number of carbonyl (C=O) groups excluding carboxylic acids is 2. The van der Waals surface area contributed by atoms with Crippen molar-refractivity contribution >= 4 is 17.5 Å². The van der Waals surface area contributed by atoms with E-state index in [2.05, 4.69) is 5.32 Å². The van der Waals surface area contributed by atoms with Crippen LogP contribution < -0.4 is 5.32 Å². The van der Waals surface area contributed by atoms with Crippen molar-refractivity contribution in [3.8, 4) is 0 Å². The Labute approximate surface area is 111 Å². The SMILES string of the molecule is C[C@@H]1COCCN1C(=O)c1ccc2c(c1)NC(=O)C2. The number of ether oxygens (including phenoxy) is 1. The Hall–Kier alpha value is -1.88. The summed E-state index contributed by atoms with van der Waals surface area (Å²) in [5, 5.41) is 2.77. The van der Waals surface area contributed by atoms with E-state index >= 15 is 0 Å². The third-order valence-corrected chi connectivity index (χ3v) is 3.61. The fourth-order valence-electron chi connectivity index (χ4n) is 2.54. The van der Waals surface area contributed by atoms with E-state index in [0.717, 1.165) is 11.3 Å². The van der Waals surface area contributed by atoms with Crippen LogP contribution in [0.4, 0.5) is 5.69 Å². The molecule has 1 saturated heterocycles. The molecule has 1 N–H and O–H groups in total. The van der Waals surface area contributed by atoms with Crippen molar-refractivity contribution in [3.05, 3.63) is 29.3 Å². The van der Waals surface area contributed by atoms with E-state index in [1.165, 1.54) is 0 Å². The number of hydrogen-bond acceptors (Lipinski definition) is 3. The van der Waals surface area contributed by atoms with Crippen molar-refractivity contribution in [1.29, 1.82) is 0 Å². The summed E-state index contributed by atoms with van der Waals surface area (Å²) in [5.74, 6) is -0.0147. The third-order valence-electron chi connectivity index (χ3n) is 3.61. The fraction of sp³-hybridized carbons (Fsp3) is 0.429. The van der Waals surface area contributed by atoms with E-state index in [4.69, 9.17) is 4.74 Å². The first-order chi connectivity index (χ1) is 9.15. The van der Waals surface area contributed by atoms with Gasteiger partial charge in [-0.25, -0.2) is 0 Å². The summed E-state index contributed by atoms with van der Waals surface area (Å²) < 4.78 is 5.34. The molecule has 3 rings (SSSR count). The molecule has 0 aliphatic carbocycles. The van der Waals surface area contributed by atoms with Crippen molar-refractivity contribution < 1.29 is 14.3 Å². The number of anilines is 1. The van der Waals surface area contributed by atoms with Gasteiger partial charge in [-0.1, -0.05) is 6.07 Å². The van der Waals surface area contributed by atoms with Gasteiger partial charge in [-0.2, -0.15) is 0 Å². The number of amides is 2. The van der Waals surface area contributed by atoms with Gasteiger partial charge in [-0.3, -0.25) is 9.59 Å². The summed E-state index contributed by atoms with van der Waals surface area (Å²) in [4.78, 5) is 25.6. The van der Waals surface area contributed by atoms with Crippen LogP contribution in [0.15, 0.2) is 18.2 Å². The molecule has 2 amide bonds. The van der Waals surface area contributed by atoms with Crippen LogP contribution in [0.1, 0.15) is 22.8 Å². The molecule has 1 aromatic rings. The van der Waals surface area contributed by atoms with Crippen LogP contribution in [0.3, 0.4) is 0 Å². The molecule has 0 unspecified atom stereocenters. The Morgan fingerprint density at radius 1 is 1.47 bits per heavy atom. The minimum absolute atomic E-state index is 0.000232. The predicted molar refractivity (Wildman–Crippen MR) is 70.1 cm³/mol. The van der Waals surface area contributed by atoms with Crippen molar-refractivity contribution in [1.82, 2.24) is 4.90 Å². The highest BCUT2D eigenvalue weighted by Gasteiger charge is 2.26. The molecular weight excluding hydrogens is 244 g/mol. The van der Waals surface area contributed by atoms with Gasteiger partial charge in [0, 0.05) is 17.8 Å². The third kappa shape index (κ3) is 2.21. The number of benzene rings is 1. The van der Waals surface area contributed by atoms with E-state index in [0.29, 0.717) is 31.7 Å². The Morgan fingerprint density at radius 2 is 2.32 bits per heavy atom. The van der Waals surface area contributed by atoms with Gasteiger partial charge in [0.05, 0.1) is 25.7 Å². The van der Waals surface area contributed by atoms with Gasteiger partial charge in [-0.05, 0) is 24.6 Å². The van der Waals surface area contributed by atoms with Crippen LogP contribution in [0, 0.1) is 0 Å². The normalized spacial score (nSPS) is 22.1. The molecule has 1 atom stereocenters. The summed E-state index contributed by atoms with van der Waals surface area (Å²) in [5.41, 5.74) is 2.34. The van der Waals surface area contributed by atoms with Crippen molar-refractivity contribution in [2.45, 2.75) is 19.4 Å². The van der Waals surface area contributed by atoms with Crippen LogP contribution >= 0.6 is 0 Å². The summed E-state index contributed by atoms with van der Waals surface area (Å²) >= 11 is 0. The molecule has 2 heterocycles. The molecule has 5 heteroatoms. The Morgan fingerprint density at radius 3 is 3.11 bits per heavy atom. The lowest BCUT2D eigenvalue weighted by Gasteiger charge is -2.33. The topological polar surface area (TPSA) is 58.6 Å². The lowest BCUT2D eigenvalue weighted by molar-refractivity contribution is -0.115. The monoisotopic (exact) mass is 260 g/mol. The summed E-state index contributed by atoms with van der Waals surface area (Å²) in [6.07, 6.45) is 0.401. The predicted octanol–water partition coefficient (Wildman–Crippen LogP) is 1.04. The Balaban J connectivity index is 1.84. The van der Waals surface area contributed by atoms with Gasteiger partial charge < -0.3 is 15.0 Å². The van der Waals surface area contributed by atoms with E-state index in [9.17, 15) is 9.59 Å². The van der Waals surface area contributed by atoms with E-state index < -0.39 is 0 Å². The quantitative estimate of drug-likeness (QED) is 0.821. The first-order valence-electron chi connectivity index (χ1n) is 6.46. The van der Waals surface area contributed by atoms with Crippen LogP contribution in [0.5, 0.6) is 0 Å². The number of fused-ring (bicyclic) bond motifs is 1. The lowest BCUT2D eigenvalue weighted by atomic mass is 10.1. The largest absolute Gasteiger partial charge is 0.377 e. The second kappa shape index (κ2) is 4.66. The molecule has 2 aliphatic heterocycles. The highest BCUT2D eigenvalue weighted by Crippen LogP contribution is 2.25. The average molecular weight is 260 g/mol. The van der Waals surface area contributed by atoms with Gasteiger partial charge in [0.25, 0.3) is 5.91 Å². The summed E-state index contributed by atoms with van der Waals surface area (Å²) in [6, 6.07) is 5.50. The fourth-order valence-corrected chi connectivity index (χ4v) is 2.54. The maximum absolute atomic E-state index is 12.4. The molecule has 1 fully saturated rings. The second-order valence-electron chi connectivity index (χ2n) is 5.02. The molecule has 0 spiro atoms. The highest BCUT2D eigenvalue weighted by molar-refractivity contribution is 6.02. The first kappa shape index (κ1) is 12.2. The molecule has 0 saturated carbocycles. The Kier molecular flexibility index (Phi) is 2.98. The van der Waals surface area contributed by atoms with Crippen molar-refractivity contribution in [2.75, 3.05) is 25.1 Å². The van der Waals surface area contributed by atoms with Crippen LogP contribution in [0.2, 0.25) is 0 Å². The first-order valence-corrected chi connectivity index (χ1v) is 6.46. The molecule has 2 aliphatic rings. The van der Waals surface area contributed by atoms with Gasteiger partial charge in [0.2, 0.25) is 5.91 Å². The average Bonchev–Trinajstić information content (AvgIpc) is 2.77. The molecule has 0 radical (unpaired) electrons. The van der Waals surface area contributed by atoms with Crippen molar-refractivity contribution in [2.24, 2.45) is 0 Å². The molecular formula is C14H16N2O3. The number of nitrogens with zero attached hydrogens (tertiary/aromatic N) is 1. The number of nitrogens with one attached hydrogen (secondary N) is 1. The van der Waals surface area contributed by atoms with Gasteiger partial charge in [0.1, 0.15) is 0 Å². The van der Waals surface area contributed by atoms with E-state index in [-0.39, 0.29) is 17.9 Å². The minimum atomic E-state index is -0.0145. The maximum atomic E-state index is 12.4. The van der Waals surface area contributed by atoms with Crippen LogP contribution in [0.25, 0.3) is 0 Å². The van der Waals surface area contributed by atoms with E-state index in [1.807, 2.05) is 17.9 Å². The molecule has 1 aromatic carbocycles. The Bertz CT molecular complexity index is 541. The molecule has 100 valence electrons. The molecule has 5 nitrogen and oxygen atoms in total.